The number of hydrogen-bond acceptors (Lipinski definition) is 9. The SMILES string of the molecule is Cn1c(-c2[c-]c3c(cc2)c2ccccc2n3-c2[c-]c(-c3ccccn3)ccc2)nc2cc(-c3cccnc3)ccc21.Cn1c(-c2[c-]c3c(cc2)c2ccccc2n3-c2[c-]c(-c3ccccn3)ccc2)nc2ccc(-c3cccnc3)cc21.Cn1c(-c2[c-]c3c(cc2)c2ccccc2n3-c2[c-]c(-c3ccccn3)ccc2)nc2cccc(-c3cccnc3)c21.[Pt+2].[Pt+2].[Pt+2]. The van der Waals surface area contributed by atoms with E-state index < -0.39 is 0 Å². The minimum absolute atomic E-state index is 0. The zero-order valence-corrected chi connectivity index (χ0v) is 74.6. The molecule has 0 spiro atoms. The summed E-state index contributed by atoms with van der Waals surface area (Å²) in [7, 11) is 6.20. The molecule has 24 rings (SSSR count). The van der Waals surface area contributed by atoms with Gasteiger partial charge in [0.25, 0.3) is 0 Å². The van der Waals surface area contributed by atoms with Crippen LogP contribution in [0.3, 0.4) is 0 Å². The Morgan fingerprint density at radius 2 is 0.627 bits per heavy atom. The van der Waals surface area contributed by atoms with Gasteiger partial charge in [-0.1, -0.05) is 150 Å². The maximum atomic E-state index is 5.07. The number of nitrogens with zero attached hydrogens (tertiary/aromatic N) is 15. The summed E-state index contributed by atoms with van der Waals surface area (Å²) in [4.78, 5) is 41.7. The molecule has 0 aliphatic heterocycles. The molecule has 0 radical (unpaired) electrons. The third-order valence-electron chi connectivity index (χ3n) is 23.0. The maximum absolute atomic E-state index is 5.07. The molecule has 0 aliphatic carbocycles. The van der Waals surface area contributed by atoms with Crippen molar-refractivity contribution in [3.63, 3.8) is 0 Å². The molecule has 0 bridgehead atoms. The van der Waals surface area contributed by atoms with E-state index in [2.05, 4.69) is 333 Å². The number of fused-ring (bicyclic) bond motifs is 12. The van der Waals surface area contributed by atoms with Crippen molar-refractivity contribution in [2.24, 2.45) is 21.1 Å². The smallest absolute Gasteiger partial charge is 0.367 e. The Hall–Kier alpha value is -14.6. The zero-order valence-electron chi connectivity index (χ0n) is 67.8. The van der Waals surface area contributed by atoms with Crippen LogP contribution in [-0.2, 0) is 84.3 Å². The van der Waals surface area contributed by atoms with Crippen molar-refractivity contribution < 1.29 is 63.2 Å². The maximum Gasteiger partial charge on any atom is 2.00 e. The van der Waals surface area contributed by atoms with Crippen LogP contribution in [0.25, 0.3) is 217 Å². The number of imidazole rings is 3. The Morgan fingerprint density at radius 3 is 1.06 bits per heavy atom. The first-order chi connectivity index (χ1) is 60.7. The fraction of sp³-hybridized carbons (Fsp3) is 0.0278. The summed E-state index contributed by atoms with van der Waals surface area (Å²) in [6, 6.07) is 128. The van der Waals surface area contributed by atoms with E-state index in [4.69, 9.17) is 15.0 Å². The number of aryl methyl sites for hydroxylation is 3. The molecule has 0 amide bonds. The number of rotatable bonds is 12. The normalized spacial score (nSPS) is 11.3. The van der Waals surface area contributed by atoms with Gasteiger partial charge in [0.2, 0.25) is 0 Å². The van der Waals surface area contributed by atoms with E-state index in [1.807, 2.05) is 128 Å². The summed E-state index contributed by atoms with van der Waals surface area (Å²) < 4.78 is 13.2. The average Bonchev–Trinajstić information content (AvgIpc) is 1.59. The largest absolute Gasteiger partial charge is 2.00 e. The average molecular weight is 2160 g/mol. The van der Waals surface area contributed by atoms with Crippen LogP contribution in [0.5, 0.6) is 0 Å². The third-order valence-corrected chi connectivity index (χ3v) is 23.0. The first-order valence-corrected chi connectivity index (χ1v) is 40.5. The van der Waals surface area contributed by atoms with Crippen LogP contribution < -0.4 is 0 Å². The molecule has 0 aliphatic rings. The van der Waals surface area contributed by atoms with Gasteiger partial charge in [0.05, 0.1) is 50.6 Å². The molecule has 12 aromatic heterocycles. The Kier molecular flexibility index (Phi) is 22.3. The van der Waals surface area contributed by atoms with Crippen molar-refractivity contribution in [1.29, 1.82) is 0 Å². The summed E-state index contributed by atoms with van der Waals surface area (Å²) in [6.07, 6.45) is 16.5. The van der Waals surface area contributed by atoms with Crippen LogP contribution in [-0.4, -0.2) is 72.3 Å². The minimum atomic E-state index is 0. The van der Waals surface area contributed by atoms with Crippen LogP contribution in [0.15, 0.2) is 365 Å². The Labute approximate surface area is 768 Å². The van der Waals surface area contributed by atoms with E-state index in [0.29, 0.717) is 0 Å². The molecule has 0 saturated heterocycles. The van der Waals surface area contributed by atoms with Crippen molar-refractivity contribution in [2.75, 3.05) is 0 Å². The summed E-state index contributed by atoms with van der Waals surface area (Å²) in [5, 5.41) is 6.93. The van der Waals surface area contributed by atoms with Gasteiger partial charge in [-0.15, -0.1) is 161 Å². The fourth-order valence-corrected chi connectivity index (χ4v) is 17.2. The molecule has 0 saturated carbocycles. The predicted molar refractivity (Wildman–Crippen MR) is 494 cm³/mol. The van der Waals surface area contributed by atoms with Gasteiger partial charge in [-0.25, -0.2) is 0 Å². The van der Waals surface area contributed by atoms with Crippen molar-refractivity contribution in [3.8, 4) is 118 Å². The monoisotopic (exact) mass is 2160 g/mol. The zero-order chi connectivity index (χ0) is 82.0. The van der Waals surface area contributed by atoms with Gasteiger partial charge in [0.15, 0.2) is 0 Å². The van der Waals surface area contributed by atoms with Crippen LogP contribution in [0.1, 0.15) is 0 Å². The number of benzene rings is 12. The number of pyridine rings is 6. The van der Waals surface area contributed by atoms with E-state index in [0.717, 1.165) is 201 Å². The van der Waals surface area contributed by atoms with Gasteiger partial charge in [-0.2, -0.15) is 0 Å². The van der Waals surface area contributed by atoms with Crippen LogP contribution in [0.2, 0.25) is 0 Å². The van der Waals surface area contributed by atoms with Gasteiger partial charge >= 0.3 is 63.2 Å². The van der Waals surface area contributed by atoms with Crippen molar-refractivity contribution in [2.45, 2.75) is 0 Å². The van der Waals surface area contributed by atoms with Crippen LogP contribution in [0, 0.1) is 36.4 Å². The summed E-state index contributed by atoms with van der Waals surface area (Å²) in [5.74, 6) is 2.60. The molecule has 12 heterocycles. The van der Waals surface area contributed by atoms with Crippen LogP contribution >= 0.6 is 0 Å². The molecule has 18 heteroatoms. The second-order valence-electron chi connectivity index (χ2n) is 30.2. The van der Waals surface area contributed by atoms with E-state index in [1.54, 1.807) is 18.6 Å². The Balaban J connectivity index is 0.000000122. The third kappa shape index (κ3) is 14.7. The fourth-order valence-electron chi connectivity index (χ4n) is 17.2. The summed E-state index contributed by atoms with van der Waals surface area (Å²) >= 11 is 0. The molecule has 15 nitrogen and oxygen atoms in total. The van der Waals surface area contributed by atoms with Crippen LogP contribution in [0.4, 0.5) is 0 Å². The molecule has 606 valence electrons. The van der Waals surface area contributed by atoms with Gasteiger partial charge in [-0.05, 0) is 163 Å². The van der Waals surface area contributed by atoms with E-state index >= 15 is 0 Å². The van der Waals surface area contributed by atoms with E-state index in [1.165, 1.54) is 16.2 Å². The number of para-hydroxylation sites is 4. The molecule has 0 fully saturated rings. The molecular formula is C108H69N15Pt3. The first-order valence-electron chi connectivity index (χ1n) is 40.5. The molecule has 24 aromatic rings. The van der Waals surface area contributed by atoms with Gasteiger partial charge < -0.3 is 42.4 Å². The van der Waals surface area contributed by atoms with E-state index in [-0.39, 0.29) is 63.2 Å². The molecule has 126 heavy (non-hydrogen) atoms. The standard InChI is InChI=1S/3C36H23N5.3Pt/c1-40-35-28(26-10-8-19-37-23-26)13-7-15-32(35)39-36(40)25-17-18-30-29-12-2-3-16-33(29)41(34(30)22-25)27-11-6-9-24(21-27)31-14-4-5-20-38-31;1-40-34-17-15-24(27-9-7-18-37-23-27)21-32(34)39-36(40)26-14-16-30-29-11-2-3-13-33(29)41(35(30)22-26)28-10-6-8-25(20-28)31-12-4-5-19-38-31;1-40-35-21-24(27-9-7-18-37-23-27)15-17-32(35)39-36(40)26-14-16-30-29-11-2-3-13-33(29)41(34(30)22-26)28-10-6-8-25(20-28)31-12-4-5-19-38-31;;;/h2-20,23H,1H3;2*2-19,21,23H,1H3;;;/q3*-2;3*+2. The second kappa shape index (κ2) is 34.6. The van der Waals surface area contributed by atoms with Crippen molar-refractivity contribution in [1.82, 2.24) is 72.3 Å². The number of hydrogen-bond donors (Lipinski definition) is 0. The Bertz CT molecular complexity index is 7970. The molecule has 12 aromatic carbocycles. The van der Waals surface area contributed by atoms with Crippen molar-refractivity contribution in [3.05, 3.63) is 402 Å². The summed E-state index contributed by atoms with van der Waals surface area (Å²) in [5.41, 5.74) is 30.0. The number of aromatic nitrogens is 15. The van der Waals surface area contributed by atoms with Gasteiger partial charge in [-0.3, -0.25) is 29.9 Å². The molecule has 0 atom stereocenters. The molecule has 0 unspecified atom stereocenters. The second-order valence-corrected chi connectivity index (χ2v) is 30.2. The topological polar surface area (TPSA) is 146 Å². The van der Waals surface area contributed by atoms with E-state index in [9.17, 15) is 0 Å². The van der Waals surface area contributed by atoms with Gasteiger partial charge in [0.1, 0.15) is 0 Å². The van der Waals surface area contributed by atoms with Gasteiger partial charge in [0, 0.05) is 116 Å². The van der Waals surface area contributed by atoms with Crippen molar-refractivity contribution >= 4 is 98.5 Å². The summed E-state index contributed by atoms with van der Waals surface area (Å²) in [6.45, 7) is 0. The quantitative estimate of drug-likeness (QED) is 0.109. The molecule has 0 N–H and O–H groups in total. The molecular weight excluding hydrogens is 2090 g/mol. The predicted octanol–water partition coefficient (Wildman–Crippen LogP) is 24.2. The first kappa shape index (κ1) is 81.1. The minimum Gasteiger partial charge on any atom is -0.367 e. The Morgan fingerprint density at radius 1 is 0.238 bits per heavy atom.